The molecule has 0 aliphatic carbocycles. The van der Waals surface area contributed by atoms with E-state index in [4.69, 9.17) is 9.97 Å². The zero-order valence-electron chi connectivity index (χ0n) is 29.2. The van der Waals surface area contributed by atoms with E-state index in [1.165, 1.54) is 38.6 Å². The van der Waals surface area contributed by atoms with Crippen molar-refractivity contribution in [3.8, 4) is 44.9 Å². The number of rotatable bonds is 11. The van der Waals surface area contributed by atoms with Crippen LogP contribution in [0.5, 0.6) is 0 Å². The second-order valence-electron chi connectivity index (χ2n) is 12.7. The highest BCUT2D eigenvalue weighted by Crippen LogP contribution is 2.31. The van der Waals surface area contributed by atoms with Crippen molar-refractivity contribution in [3.05, 3.63) is 193 Å². The molecule has 2 aromatic heterocycles. The first-order valence-electron chi connectivity index (χ1n) is 17.7. The van der Waals surface area contributed by atoms with E-state index in [-0.39, 0.29) is 0 Å². The Labute approximate surface area is 301 Å². The van der Waals surface area contributed by atoms with E-state index in [1.54, 1.807) is 6.20 Å². The molecule has 3 nitrogen and oxygen atoms in total. The smallest absolute Gasteiger partial charge is 0.160 e. The molecular formula is C48H41N3. The second-order valence-corrected chi connectivity index (χ2v) is 12.7. The van der Waals surface area contributed by atoms with Crippen LogP contribution in [0.2, 0.25) is 0 Å². The van der Waals surface area contributed by atoms with Gasteiger partial charge in [-0.3, -0.25) is 4.98 Å². The molecule has 0 aliphatic rings. The number of hydrogen-bond donors (Lipinski definition) is 0. The zero-order valence-corrected chi connectivity index (χ0v) is 29.2. The minimum absolute atomic E-state index is 0.696. The van der Waals surface area contributed by atoms with Crippen LogP contribution in [0.1, 0.15) is 37.1 Å². The Morgan fingerprint density at radius 2 is 1.41 bits per heavy atom. The van der Waals surface area contributed by atoms with E-state index in [1.807, 2.05) is 12.3 Å². The molecular weight excluding hydrogens is 619 g/mol. The maximum Gasteiger partial charge on any atom is 0.160 e. The van der Waals surface area contributed by atoms with Gasteiger partial charge < -0.3 is 0 Å². The largest absolute Gasteiger partial charge is 0.264 e. The van der Waals surface area contributed by atoms with Crippen molar-refractivity contribution in [3.63, 3.8) is 0 Å². The SMILES string of the molecule is C/C=C\c1ccccc1CC(/C=C\Cc1cc(-c2ccc(-c3cccnc3)cc2)nc(-c2ccc(-c3cccc4ccccc34)cc2)n1)=C/CC. The molecule has 0 spiro atoms. The molecule has 0 saturated carbocycles. The second kappa shape index (κ2) is 16.0. The molecule has 0 amide bonds. The van der Waals surface area contributed by atoms with Crippen molar-refractivity contribution in [2.45, 2.75) is 33.1 Å². The third kappa shape index (κ3) is 8.01. The van der Waals surface area contributed by atoms with Crippen molar-refractivity contribution in [2.24, 2.45) is 0 Å². The summed E-state index contributed by atoms with van der Waals surface area (Å²) < 4.78 is 0. The Kier molecular flexibility index (Phi) is 10.5. The Balaban J connectivity index is 1.21. The van der Waals surface area contributed by atoms with Gasteiger partial charge in [0.05, 0.1) is 5.69 Å². The monoisotopic (exact) mass is 659 g/mol. The third-order valence-corrected chi connectivity index (χ3v) is 9.12. The molecule has 0 aliphatic heterocycles. The van der Waals surface area contributed by atoms with Crippen LogP contribution in [0.25, 0.3) is 61.7 Å². The van der Waals surface area contributed by atoms with Gasteiger partial charge in [0.1, 0.15) is 0 Å². The summed E-state index contributed by atoms with van der Waals surface area (Å²) in [6.07, 6.45) is 17.4. The molecule has 0 radical (unpaired) electrons. The first-order chi connectivity index (χ1) is 25.2. The highest BCUT2D eigenvalue weighted by Gasteiger charge is 2.11. The van der Waals surface area contributed by atoms with Gasteiger partial charge in [-0.05, 0) is 81.6 Å². The third-order valence-electron chi connectivity index (χ3n) is 9.12. The van der Waals surface area contributed by atoms with Crippen LogP contribution in [0.3, 0.4) is 0 Å². The average molecular weight is 660 g/mol. The van der Waals surface area contributed by atoms with Crippen molar-refractivity contribution in [1.29, 1.82) is 0 Å². The van der Waals surface area contributed by atoms with Crippen molar-refractivity contribution >= 4 is 16.8 Å². The number of fused-ring (bicyclic) bond motifs is 1. The lowest BCUT2D eigenvalue weighted by molar-refractivity contribution is 1.06. The molecule has 5 aromatic carbocycles. The van der Waals surface area contributed by atoms with Crippen LogP contribution in [0, 0.1) is 0 Å². The first-order valence-corrected chi connectivity index (χ1v) is 17.7. The van der Waals surface area contributed by atoms with Gasteiger partial charge in [0.2, 0.25) is 0 Å². The summed E-state index contributed by atoms with van der Waals surface area (Å²) in [5.74, 6) is 0.723. The van der Waals surface area contributed by atoms with Gasteiger partial charge in [0, 0.05) is 35.6 Å². The zero-order chi connectivity index (χ0) is 34.8. The molecule has 0 fully saturated rings. The van der Waals surface area contributed by atoms with E-state index in [2.05, 4.69) is 177 Å². The summed E-state index contributed by atoms with van der Waals surface area (Å²) in [5.41, 5.74) is 12.4. The molecule has 0 unspecified atom stereocenters. The summed E-state index contributed by atoms with van der Waals surface area (Å²) >= 11 is 0. The molecule has 0 atom stereocenters. The quantitative estimate of drug-likeness (QED) is 0.130. The van der Waals surface area contributed by atoms with Gasteiger partial charge >= 0.3 is 0 Å². The normalized spacial score (nSPS) is 11.9. The fraction of sp³-hybridized carbons (Fsp3) is 0.104. The number of pyridine rings is 1. The number of aromatic nitrogens is 3. The Bertz CT molecular complexity index is 2330. The minimum Gasteiger partial charge on any atom is -0.264 e. The van der Waals surface area contributed by atoms with Crippen LogP contribution in [0.4, 0.5) is 0 Å². The maximum absolute atomic E-state index is 5.12. The molecule has 0 N–H and O–H groups in total. The summed E-state index contributed by atoms with van der Waals surface area (Å²) in [4.78, 5) is 14.5. The molecule has 7 rings (SSSR count). The topological polar surface area (TPSA) is 38.7 Å². The summed E-state index contributed by atoms with van der Waals surface area (Å²) in [6, 6.07) is 47.0. The van der Waals surface area contributed by atoms with Crippen LogP contribution in [-0.4, -0.2) is 15.0 Å². The maximum atomic E-state index is 5.12. The van der Waals surface area contributed by atoms with Crippen LogP contribution >= 0.6 is 0 Å². The van der Waals surface area contributed by atoms with E-state index in [0.717, 1.165) is 52.3 Å². The van der Waals surface area contributed by atoms with Gasteiger partial charge in [-0.1, -0.05) is 159 Å². The number of benzene rings is 5. The van der Waals surface area contributed by atoms with Crippen LogP contribution in [0.15, 0.2) is 176 Å². The van der Waals surface area contributed by atoms with E-state index in [0.29, 0.717) is 6.42 Å². The van der Waals surface area contributed by atoms with Gasteiger partial charge in [0.25, 0.3) is 0 Å². The van der Waals surface area contributed by atoms with E-state index >= 15 is 0 Å². The number of nitrogens with zero attached hydrogens (tertiary/aromatic N) is 3. The molecule has 0 saturated heterocycles. The summed E-state index contributed by atoms with van der Waals surface area (Å²) in [7, 11) is 0. The molecule has 248 valence electrons. The Morgan fingerprint density at radius 1 is 0.667 bits per heavy atom. The fourth-order valence-corrected chi connectivity index (χ4v) is 6.57. The molecule has 2 heterocycles. The number of hydrogen-bond acceptors (Lipinski definition) is 3. The van der Waals surface area contributed by atoms with Gasteiger partial charge in [-0.25, -0.2) is 9.97 Å². The lowest BCUT2D eigenvalue weighted by Crippen LogP contribution is -1.98. The predicted molar refractivity (Wildman–Crippen MR) is 215 cm³/mol. The molecule has 51 heavy (non-hydrogen) atoms. The van der Waals surface area contributed by atoms with Crippen molar-refractivity contribution < 1.29 is 0 Å². The molecule has 7 aromatic rings. The Morgan fingerprint density at radius 3 is 2.22 bits per heavy atom. The predicted octanol–water partition coefficient (Wildman–Crippen LogP) is 12.4. The van der Waals surface area contributed by atoms with E-state index < -0.39 is 0 Å². The minimum atomic E-state index is 0.696. The lowest BCUT2D eigenvalue weighted by atomic mass is 9.97. The molecule has 0 bridgehead atoms. The highest BCUT2D eigenvalue weighted by atomic mass is 14.9. The van der Waals surface area contributed by atoms with Gasteiger partial charge in [0.15, 0.2) is 5.82 Å². The lowest BCUT2D eigenvalue weighted by Gasteiger charge is -2.11. The highest BCUT2D eigenvalue weighted by molar-refractivity contribution is 5.96. The van der Waals surface area contributed by atoms with Gasteiger partial charge in [-0.2, -0.15) is 0 Å². The summed E-state index contributed by atoms with van der Waals surface area (Å²) in [5, 5.41) is 2.48. The first kappa shape index (κ1) is 33.3. The van der Waals surface area contributed by atoms with Gasteiger partial charge in [-0.15, -0.1) is 0 Å². The summed E-state index contributed by atoms with van der Waals surface area (Å²) in [6.45, 7) is 4.26. The van der Waals surface area contributed by atoms with Crippen LogP contribution < -0.4 is 0 Å². The van der Waals surface area contributed by atoms with Crippen molar-refractivity contribution in [2.75, 3.05) is 0 Å². The number of allylic oxidation sites excluding steroid dienone is 5. The standard InChI is InChI=1S/C48H41N3/c1-3-12-35(32-42-17-6-5-15-36(42)13-4-2)14-9-20-44-33-47(40-27-23-37(24-28-40)43-19-11-31-49-34-43)51-48(50-44)41-29-25-39(26-30-41)46-22-10-18-38-16-7-8-21-45(38)46/h4-19,21-31,33-34H,3,20,32H2,1-2H3/b13-4-,14-9-,35-12+. The van der Waals surface area contributed by atoms with Crippen LogP contribution in [-0.2, 0) is 12.8 Å². The fourth-order valence-electron chi connectivity index (χ4n) is 6.57. The molecule has 3 heteroatoms. The Hall–Kier alpha value is -6.19. The van der Waals surface area contributed by atoms with E-state index in [9.17, 15) is 0 Å². The average Bonchev–Trinajstić information content (AvgIpc) is 3.19. The van der Waals surface area contributed by atoms with Crippen molar-refractivity contribution in [1.82, 2.24) is 15.0 Å².